The zero-order valence-corrected chi connectivity index (χ0v) is 6.27. The highest BCUT2D eigenvalue weighted by Gasteiger charge is 1.99. The van der Waals surface area contributed by atoms with Gasteiger partial charge >= 0.3 is 0 Å². The summed E-state index contributed by atoms with van der Waals surface area (Å²) in [6.45, 7) is 0. The molecule has 58 valence electrons. The maximum atomic E-state index is 10.5. The van der Waals surface area contributed by atoms with Gasteiger partial charge in [-0.1, -0.05) is 18.2 Å². The van der Waals surface area contributed by atoms with Gasteiger partial charge < -0.3 is 0 Å². The summed E-state index contributed by atoms with van der Waals surface area (Å²) in [5.74, 6) is 0. The number of para-hydroxylation sites is 1. The molecule has 2 rings (SSSR count). The van der Waals surface area contributed by atoms with Gasteiger partial charge in [0.2, 0.25) is 0 Å². The summed E-state index contributed by atoms with van der Waals surface area (Å²) >= 11 is 0. The first-order valence-electron chi connectivity index (χ1n) is 3.57. The van der Waals surface area contributed by atoms with E-state index in [1.165, 1.54) is 6.33 Å². The lowest BCUT2D eigenvalue weighted by molar-refractivity contribution is 0.112. The number of rotatable bonds is 1. The Balaban J connectivity index is 2.88. The molecule has 1 aromatic carbocycles. The van der Waals surface area contributed by atoms with Gasteiger partial charge in [0.1, 0.15) is 12.0 Å². The normalized spacial score (nSPS) is 10.0. The number of hydrogen-bond acceptors (Lipinski definition) is 3. The van der Waals surface area contributed by atoms with E-state index in [1.807, 2.05) is 24.3 Å². The van der Waals surface area contributed by atoms with Gasteiger partial charge in [0.25, 0.3) is 0 Å². The van der Waals surface area contributed by atoms with Crippen LogP contribution in [0.2, 0.25) is 0 Å². The molecule has 0 bridgehead atoms. The molecule has 0 spiro atoms. The number of carbonyl (C=O) groups excluding carboxylic acids is 1. The topological polar surface area (TPSA) is 42.9 Å². The number of carbonyl (C=O) groups is 1. The van der Waals surface area contributed by atoms with Crippen molar-refractivity contribution in [1.29, 1.82) is 0 Å². The molecule has 1 aromatic heterocycles. The summed E-state index contributed by atoms with van der Waals surface area (Å²) in [5.41, 5.74) is 1.25. The minimum atomic E-state index is 0.445. The van der Waals surface area contributed by atoms with Crippen molar-refractivity contribution in [2.24, 2.45) is 0 Å². The van der Waals surface area contributed by atoms with Crippen LogP contribution in [0.4, 0.5) is 0 Å². The molecule has 0 aliphatic carbocycles. The highest BCUT2D eigenvalue weighted by molar-refractivity contribution is 5.93. The first kappa shape index (κ1) is 6.91. The largest absolute Gasteiger partial charge is 0.296 e. The van der Waals surface area contributed by atoms with Gasteiger partial charge in [-0.05, 0) is 6.07 Å². The maximum absolute atomic E-state index is 10.5. The second kappa shape index (κ2) is 2.70. The lowest BCUT2D eigenvalue weighted by atomic mass is 10.2. The van der Waals surface area contributed by atoms with Crippen LogP contribution in [0, 0.1) is 0 Å². The molecule has 0 amide bonds. The zero-order chi connectivity index (χ0) is 8.39. The van der Waals surface area contributed by atoms with Crippen LogP contribution in [0.3, 0.4) is 0 Å². The molecule has 3 heteroatoms. The van der Waals surface area contributed by atoms with E-state index in [-0.39, 0.29) is 0 Å². The van der Waals surface area contributed by atoms with Crippen molar-refractivity contribution in [2.45, 2.75) is 0 Å². The Morgan fingerprint density at radius 1 is 1.17 bits per heavy atom. The number of aldehydes is 1. The molecule has 0 radical (unpaired) electrons. The monoisotopic (exact) mass is 158 g/mol. The number of aromatic nitrogens is 2. The highest BCUT2D eigenvalue weighted by Crippen LogP contribution is 2.11. The molecule has 0 N–H and O–H groups in total. The first-order valence-corrected chi connectivity index (χ1v) is 3.57. The predicted octanol–water partition coefficient (Wildman–Crippen LogP) is 1.44. The molecule has 2 aromatic rings. The molecule has 0 atom stereocenters. The van der Waals surface area contributed by atoms with Crippen molar-refractivity contribution in [3.63, 3.8) is 0 Å². The Hall–Kier alpha value is -1.77. The van der Waals surface area contributed by atoms with Crippen molar-refractivity contribution in [3.05, 3.63) is 36.3 Å². The zero-order valence-electron chi connectivity index (χ0n) is 6.27. The average Bonchev–Trinajstić information content (AvgIpc) is 2.17. The number of hydrogen-bond donors (Lipinski definition) is 0. The summed E-state index contributed by atoms with van der Waals surface area (Å²) in [4.78, 5) is 18.4. The van der Waals surface area contributed by atoms with Crippen molar-refractivity contribution in [1.82, 2.24) is 9.97 Å². The molecular formula is C9H6N2O. The standard InChI is InChI=1S/C9H6N2O/c12-5-9-7-3-1-2-4-8(7)10-6-11-9/h1-6H. The third kappa shape index (κ3) is 0.955. The van der Waals surface area contributed by atoms with E-state index in [1.54, 1.807) is 0 Å². The lowest BCUT2D eigenvalue weighted by Crippen LogP contribution is -1.90. The number of benzene rings is 1. The van der Waals surface area contributed by atoms with Gasteiger partial charge in [-0.3, -0.25) is 4.79 Å². The maximum Gasteiger partial charge on any atom is 0.169 e. The Morgan fingerprint density at radius 2 is 2.00 bits per heavy atom. The molecule has 0 unspecified atom stereocenters. The Kier molecular flexibility index (Phi) is 1.55. The van der Waals surface area contributed by atoms with Gasteiger partial charge in [0.05, 0.1) is 5.52 Å². The second-order valence-corrected chi connectivity index (χ2v) is 2.39. The molecule has 0 fully saturated rings. The van der Waals surface area contributed by atoms with Crippen LogP contribution in [0.1, 0.15) is 10.5 Å². The molecule has 0 saturated carbocycles. The highest BCUT2D eigenvalue weighted by atomic mass is 16.1. The Bertz CT molecular complexity index is 420. The number of nitrogens with zero attached hydrogens (tertiary/aromatic N) is 2. The molecule has 0 aliphatic heterocycles. The molecule has 0 saturated heterocycles. The van der Waals surface area contributed by atoms with Crippen molar-refractivity contribution < 1.29 is 4.79 Å². The lowest BCUT2D eigenvalue weighted by Gasteiger charge is -1.96. The Labute approximate surface area is 69.1 Å². The summed E-state index contributed by atoms with van der Waals surface area (Å²) < 4.78 is 0. The van der Waals surface area contributed by atoms with E-state index < -0.39 is 0 Å². The van der Waals surface area contributed by atoms with Gasteiger partial charge in [-0.15, -0.1) is 0 Å². The minimum absolute atomic E-state index is 0.445. The predicted molar refractivity (Wildman–Crippen MR) is 44.9 cm³/mol. The van der Waals surface area contributed by atoms with Gasteiger partial charge in [-0.2, -0.15) is 0 Å². The van der Waals surface area contributed by atoms with E-state index in [9.17, 15) is 4.79 Å². The first-order chi connectivity index (χ1) is 5.92. The van der Waals surface area contributed by atoms with E-state index in [0.717, 1.165) is 17.2 Å². The SMILES string of the molecule is O=Cc1ncnc2ccccc12. The summed E-state index contributed by atoms with van der Waals surface area (Å²) in [6.07, 6.45) is 2.13. The molecule has 0 aliphatic rings. The molecule has 12 heavy (non-hydrogen) atoms. The van der Waals surface area contributed by atoms with Crippen LogP contribution in [0.15, 0.2) is 30.6 Å². The Morgan fingerprint density at radius 3 is 2.83 bits per heavy atom. The summed E-state index contributed by atoms with van der Waals surface area (Å²) in [7, 11) is 0. The van der Waals surface area contributed by atoms with E-state index in [2.05, 4.69) is 9.97 Å². The summed E-state index contributed by atoms with van der Waals surface area (Å²) in [5, 5.41) is 0.801. The van der Waals surface area contributed by atoms with Crippen molar-refractivity contribution in [3.8, 4) is 0 Å². The quantitative estimate of drug-likeness (QED) is 0.590. The molecule has 1 heterocycles. The van der Waals surface area contributed by atoms with Crippen molar-refractivity contribution >= 4 is 17.2 Å². The smallest absolute Gasteiger partial charge is 0.169 e. The molecule has 3 nitrogen and oxygen atoms in total. The minimum Gasteiger partial charge on any atom is -0.296 e. The van der Waals surface area contributed by atoms with Gasteiger partial charge in [0, 0.05) is 5.39 Å². The van der Waals surface area contributed by atoms with E-state index in [4.69, 9.17) is 0 Å². The van der Waals surface area contributed by atoms with E-state index >= 15 is 0 Å². The molecular weight excluding hydrogens is 152 g/mol. The fraction of sp³-hybridized carbons (Fsp3) is 0. The fourth-order valence-electron chi connectivity index (χ4n) is 1.12. The van der Waals surface area contributed by atoms with Crippen LogP contribution in [0.25, 0.3) is 10.9 Å². The van der Waals surface area contributed by atoms with Gasteiger partial charge in [0.15, 0.2) is 6.29 Å². The second-order valence-electron chi connectivity index (χ2n) is 2.39. The number of fused-ring (bicyclic) bond motifs is 1. The third-order valence-electron chi connectivity index (χ3n) is 1.69. The van der Waals surface area contributed by atoms with Crippen LogP contribution < -0.4 is 0 Å². The van der Waals surface area contributed by atoms with Crippen molar-refractivity contribution in [2.75, 3.05) is 0 Å². The summed E-state index contributed by atoms with van der Waals surface area (Å²) in [6, 6.07) is 7.42. The third-order valence-corrected chi connectivity index (χ3v) is 1.69. The fourth-order valence-corrected chi connectivity index (χ4v) is 1.12. The average molecular weight is 158 g/mol. The van der Waals surface area contributed by atoms with Crippen LogP contribution >= 0.6 is 0 Å². The van der Waals surface area contributed by atoms with Gasteiger partial charge in [-0.25, -0.2) is 9.97 Å². The van der Waals surface area contributed by atoms with Crippen LogP contribution in [-0.4, -0.2) is 16.3 Å². The van der Waals surface area contributed by atoms with Crippen LogP contribution in [0.5, 0.6) is 0 Å². The van der Waals surface area contributed by atoms with E-state index in [0.29, 0.717) is 5.69 Å². The van der Waals surface area contributed by atoms with Crippen LogP contribution in [-0.2, 0) is 0 Å².